The molecule has 0 saturated carbocycles. The molecule has 0 fully saturated rings. The van der Waals surface area contributed by atoms with E-state index in [9.17, 15) is 0 Å². The highest BCUT2D eigenvalue weighted by molar-refractivity contribution is 5.10. The maximum absolute atomic E-state index is 5.13. The molecule has 1 N–H and O–H groups in total. The smallest absolute Gasteiger partial charge is 0.0950 e. The van der Waals surface area contributed by atoms with Gasteiger partial charge >= 0.3 is 0 Å². The van der Waals surface area contributed by atoms with Gasteiger partial charge in [0.15, 0.2) is 0 Å². The average Bonchev–Trinajstić information content (AvgIpc) is 2.66. The first kappa shape index (κ1) is 10.3. The molecule has 2 unspecified atom stereocenters. The van der Waals surface area contributed by atoms with Crippen molar-refractivity contribution in [2.75, 3.05) is 13.7 Å². The molecule has 0 aliphatic heterocycles. The van der Waals surface area contributed by atoms with Gasteiger partial charge in [-0.2, -0.15) is 0 Å². The molecule has 1 aromatic rings. The maximum Gasteiger partial charge on any atom is 0.0950 e. The molecule has 0 aliphatic carbocycles. The normalized spacial score (nSPS) is 15.6. The molecule has 0 bridgehead atoms. The van der Waals surface area contributed by atoms with Gasteiger partial charge in [-0.3, -0.25) is 0 Å². The number of hydrogen-bond donors (Lipinski definition) is 1. The Hall–Kier alpha value is -0.800. The zero-order valence-electron chi connectivity index (χ0n) is 8.41. The lowest BCUT2D eigenvalue weighted by Crippen LogP contribution is -2.28. The molecule has 0 amide bonds. The predicted octanol–water partition coefficient (Wildman–Crippen LogP) is 1.97. The Balaban J connectivity index is 2.30. The molecule has 0 spiro atoms. The third-order valence-corrected chi connectivity index (χ3v) is 2.16. The summed E-state index contributed by atoms with van der Waals surface area (Å²) < 4.78 is 10.1. The lowest BCUT2D eigenvalue weighted by Gasteiger charge is -2.15. The minimum absolute atomic E-state index is 0.245. The summed E-state index contributed by atoms with van der Waals surface area (Å²) in [7, 11) is 1.72. The molecule has 0 aliphatic rings. The third kappa shape index (κ3) is 3.20. The van der Waals surface area contributed by atoms with Crippen LogP contribution in [0.4, 0.5) is 0 Å². The van der Waals surface area contributed by atoms with Gasteiger partial charge < -0.3 is 14.5 Å². The lowest BCUT2D eigenvalue weighted by atomic mass is 10.2. The molecule has 2 atom stereocenters. The van der Waals surface area contributed by atoms with Crippen LogP contribution in [0.2, 0.25) is 0 Å². The first-order valence-corrected chi connectivity index (χ1v) is 4.52. The van der Waals surface area contributed by atoms with E-state index in [0.717, 1.165) is 6.54 Å². The van der Waals surface area contributed by atoms with Crippen LogP contribution in [0.3, 0.4) is 0 Å². The minimum Gasteiger partial charge on any atom is -0.472 e. The Morgan fingerprint density at radius 3 is 2.85 bits per heavy atom. The molecule has 3 heteroatoms. The Morgan fingerprint density at radius 2 is 2.31 bits per heavy atom. The van der Waals surface area contributed by atoms with Crippen molar-refractivity contribution in [2.45, 2.75) is 26.0 Å². The summed E-state index contributed by atoms with van der Waals surface area (Å²) in [6, 6.07) is 2.28. The highest BCUT2D eigenvalue weighted by Gasteiger charge is 2.07. The number of methoxy groups -OCH3 is 1. The van der Waals surface area contributed by atoms with Crippen LogP contribution in [0.5, 0.6) is 0 Å². The second-order valence-corrected chi connectivity index (χ2v) is 3.23. The van der Waals surface area contributed by atoms with Gasteiger partial charge in [-0.25, -0.2) is 0 Å². The van der Waals surface area contributed by atoms with Crippen LogP contribution >= 0.6 is 0 Å². The number of rotatable bonds is 5. The van der Waals surface area contributed by atoms with E-state index in [0.29, 0.717) is 6.04 Å². The predicted molar refractivity (Wildman–Crippen MR) is 51.6 cm³/mol. The van der Waals surface area contributed by atoms with Gasteiger partial charge in [-0.15, -0.1) is 0 Å². The molecule has 13 heavy (non-hydrogen) atoms. The van der Waals surface area contributed by atoms with Gasteiger partial charge in [0.2, 0.25) is 0 Å². The fraction of sp³-hybridized carbons (Fsp3) is 0.600. The summed E-state index contributed by atoms with van der Waals surface area (Å²) in [4.78, 5) is 0. The highest BCUT2D eigenvalue weighted by Crippen LogP contribution is 2.11. The van der Waals surface area contributed by atoms with Gasteiger partial charge in [-0.05, 0) is 19.9 Å². The van der Waals surface area contributed by atoms with E-state index in [-0.39, 0.29) is 6.10 Å². The van der Waals surface area contributed by atoms with Crippen LogP contribution in [0.15, 0.2) is 23.0 Å². The van der Waals surface area contributed by atoms with E-state index < -0.39 is 0 Å². The largest absolute Gasteiger partial charge is 0.472 e. The molecular formula is C10H17NO2. The van der Waals surface area contributed by atoms with Crippen LogP contribution in [-0.2, 0) is 4.74 Å². The van der Waals surface area contributed by atoms with Crippen LogP contribution in [-0.4, -0.2) is 19.8 Å². The molecular weight excluding hydrogens is 166 g/mol. The van der Waals surface area contributed by atoms with E-state index in [1.165, 1.54) is 5.56 Å². The second-order valence-electron chi connectivity index (χ2n) is 3.23. The van der Waals surface area contributed by atoms with Gasteiger partial charge in [0, 0.05) is 25.3 Å². The van der Waals surface area contributed by atoms with E-state index in [1.54, 1.807) is 19.6 Å². The molecule has 3 nitrogen and oxygen atoms in total. The van der Waals surface area contributed by atoms with Crippen molar-refractivity contribution in [3.63, 3.8) is 0 Å². The summed E-state index contributed by atoms with van der Waals surface area (Å²) in [6.45, 7) is 4.99. The van der Waals surface area contributed by atoms with E-state index >= 15 is 0 Å². The van der Waals surface area contributed by atoms with Gasteiger partial charge in [0.25, 0.3) is 0 Å². The van der Waals surface area contributed by atoms with Crippen LogP contribution in [0.25, 0.3) is 0 Å². The molecule has 0 radical (unpaired) electrons. The van der Waals surface area contributed by atoms with Gasteiger partial charge in [0.05, 0.1) is 18.6 Å². The summed E-state index contributed by atoms with van der Waals surface area (Å²) in [5, 5.41) is 3.35. The fourth-order valence-electron chi connectivity index (χ4n) is 1.07. The van der Waals surface area contributed by atoms with Crippen LogP contribution < -0.4 is 5.32 Å². The van der Waals surface area contributed by atoms with Crippen molar-refractivity contribution < 1.29 is 9.15 Å². The quantitative estimate of drug-likeness (QED) is 0.757. The number of nitrogens with one attached hydrogen (secondary N) is 1. The number of hydrogen-bond acceptors (Lipinski definition) is 3. The van der Waals surface area contributed by atoms with E-state index in [4.69, 9.17) is 9.15 Å². The van der Waals surface area contributed by atoms with Crippen molar-refractivity contribution in [1.29, 1.82) is 0 Å². The van der Waals surface area contributed by atoms with Crippen LogP contribution in [0.1, 0.15) is 25.5 Å². The third-order valence-electron chi connectivity index (χ3n) is 2.16. The summed E-state index contributed by atoms with van der Waals surface area (Å²) in [6.07, 6.45) is 3.69. The summed E-state index contributed by atoms with van der Waals surface area (Å²) >= 11 is 0. The Kier molecular flexibility index (Phi) is 3.99. The molecule has 1 rings (SSSR count). The lowest BCUT2D eigenvalue weighted by molar-refractivity contribution is 0.115. The monoisotopic (exact) mass is 183 g/mol. The van der Waals surface area contributed by atoms with Crippen LogP contribution in [0, 0.1) is 0 Å². The maximum atomic E-state index is 5.13. The molecule has 1 heterocycles. The highest BCUT2D eigenvalue weighted by atomic mass is 16.5. The van der Waals surface area contributed by atoms with Gasteiger partial charge in [0.1, 0.15) is 0 Å². The van der Waals surface area contributed by atoms with Crippen molar-refractivity contribution in [3.8, 4) is 0 Å². The van der Waals surface area contributed by atoms with Crippen molar-refractivity contribution >= 4 is 0 Å². The van der Waals surface area contributed by atoms with Crippen molar-refractivity contribution in [1.82, 2.24) is 5.32 Å². The second kappa shape index (κ2) is 5.04. The zero-order valence-corrected chi connectivity index (χ0v) is 8.41. The SMILES string of the molecule is COC(C)CNC(C)c1ccoc1. The Morgan fingerprint density at radius 1 is 1.54 bits per heavy atom. The Bertz CT molecular complexity index is 221. The fourth-order valence-corrected chi connectivity index (χ4v) is 1.07. The average molecular weight is 183 g/mol. The Labute approximate surface area is 79.1 Å². The molecule has 1 aromatic heterocycles. The zero-order chi connectivity index (χ0) is 9.68. The van der Waals surface area contributed by atoms with Crippen molar-refractivity contribution in [3.05, 3.63) is 24.2 Å². The molecule has 74 valence electrons. The summed E-state index contributed by atoms with van der Waals surface area (Å²) in [5.74, 6) is 0. The number of ether oxygens (including phenoxy) is 1. The van der Waals surface area contributed by atoms with Gasteiger partial charge in [-0.1, -0.05) is 0 Å². The van der Waals surface area contributed by atoms with Crippen molar-refractivity contribution in [2.24, 2.45) is 0 Å². The summed E-state index contributed by atoms with van der Waals surface area (Å²) in [5.41, 5.74) is 1.17. The first-order chi connectivity index (χ1) is 6.24. The topological polar surface area (TPSA) is 34.4 Å². The number of furan rings is 1. The molecule has 0 saturated heterocycles. The van der Waals surface area contributed by atoms with E-state index in [1.807, 2.05) is 13.0 Å². The standard InChI is InChI=1S/C10H17NO2/c1-8(12-3)6-11-9(2)10-4-5-13-7-10/h4-5,7-9,11H,6H2,1-3H3. The first-order valence-electron chi connectivity index (χ1n) is 4.52. The van der Waals surface area contributed by atoms with E-state index in [2.05, 4.69) is 12.2 Å². The molecule has 0 aromatic carbocycles. The minimum atomic E-state index is 0.245.